The number of aromatic nitrogens is 4. The first-order valence-electron chi connectivity index (χ1n) is 15.8. The maximum absolute atomic E-state index is 6.41. The maximum atomic E-state index is 6.41. The molecule has 0 saturated heterocycles. The molecule has 0 aliphatic carbocycles. The average Bonchev–Trinajstić information content (AvgIpc) is 3.76. The van der Waals surface area contributed by atoms with Crippen molar-refractivity contribution in [3.63, 3.8) is 0 Å². The molecule has 0 atom stereocenters. The van der Waals surface area contributed by atoms with E-state index in [1.807, 2.05) is 103 Å². The number of fused-ring (bicyclic) bond motifs is 7. The van der Waals surface area contributed by atoms with E-state index in [4.69, 9.17) is 28.8 Å². The molecular formula is C42H24N4O2. The summed E-state index contributed by atoms with van der Waals surface area (Å²) >= 11 is 0. The smallest absolute Gasteiger partial charge is 0.227 e. The fourth-order valence-corrected chi connectivity index (χ4v) is 6.75. The summed E-state index contributed by atoms with van der Waals surface area (Å²) in [6, 6.07) is 48.8. The molecule has 10 aromatic rings. The first-order chi connectivity index (χ1) is 23.8. The third-order valence-corrected chi connectivity index (χ3v) is 8.94. The van der Waals surface area contributed by atoms with E-state index in [1.165, 1.54) is 0 Å². The SMILES string of the molecule is c1ccc(-c2nc(-c3cc4nc(-c5ccccc5)oc4c4ccccc34)nc(-c3c4ccccc4cc4oc5ccccc5c34)n2)cc1. The van der Waals surface area contributed by atoms with Gasteiger partial charge in [0.2, 0.25) is 5.89 Å². The normalized spacial score (nSPS) is 11.8. The molecule has 48 heavy (non-hydrogen) atoms. The number of hydrogen-bond acceptors (Lipinski definition) is 6. The molecule has 0 unspecified atom stereocenters. The van der Waals surface area contributed by atoms with Crippen LogP contribution in [-0.4, -0.2) is 19.9 Å². The number of nitrogens with zero attached hydrogens (tertiary/aromatic N) is 4. The van der Waals surface area contributed by atoms with E-state index in [9.17, 15) is 0 Å². The van der Waals surface area contributed by atoms with Gasteiger partial charge in [-0.1, -0.05) is 115 Å². The Labute approximate surface area is 274 Å². The lowest BCUT2D eigenvalue weighted by molar-refractivity contribution is 0.623. The molecule has 7 aromatic carbocycles. The number of oxazole rings is 1. The molecule has 0 amide bonds. The molecule has 6 nitrogen and oxygen atoms in total. The topological polar surface area (TPSA) is 77.8 Å². The molecule has 0 saturated carbocycles. The van der Waals surface area contributed by atoms with Gasteiger partial charge in [-0.2, -0.15) is 0 Å². The minimum atomic E-state index is 0.551. The van der Waals surface area contributed by atoms with Gasteiger partial charge < -0.3 is 8.83 Å². The highest BCUT2D eigenvalue weighted by atomic mass is 16.3. The third-order valence-electron chi connectivity index (χ3n) is 8.94. The van der Waals surface area contributed by atoms with Crippen molar-refractivity contribution in [1.82, 2.24) is 19.9 Å². The molecule has 0 spiro atoms. The Kier molecular flexibility index (Phi) is 5.77. The molecule has 0 fully saturated rings. The van der Waals surface area contributed by atoms with Crippen LogP contribution in [0.2, 0.25) is 0 Å². The van der Waals surface area contributed by atoms with Crippen molar-refractivity contribution in [3.8, 4) is 45.6 Å². The lowest BCUT2D eigenvalue weighted by Crippen LogP contribution is -2.01. The molecule has 224 valence electrons. The lowest BCUT2D eigenvalue weighted by atomic mass is 9.97. The monoisotopic (exact) mass is 616 g/mol. The lowest BCUT2D eigenvalue weighted by Gasteiger charge is -2.13. The van der Waals surface area contributed by atoms with Gasteiger partial charge in [0.15, 0.2) is 23.1 Å². The first-order valence-corrected chi connectivity index (χ1v) is 15.8. The minimum Gasteiger partial charge on any atom is -0.456 e. The molecule has 3 heterocycles. The molecular weight excluding hydrogens is 592 g/mol. The highest BCUT2D eigenvalue weighted by Gasteiger charge is 2.22. The van der Waals surface area contributed by atoms with E-state index in [-0.39, 0.29) is 0 Å². The van der Waals surface area contributed by atoms with Crippen LogP contribution in [0, 0.1) is 0 Å². The van der Waals surface area contributed by atoms with Gasteiger partial charge in [0, 0.05) is 38.4 Å². The van der Waals surface area contributed by atoms with Crippen molar-refractivity contribution >= 4 is 54.6 Å². The summed E-state index contributed by atoms with van der Waals surface area (Å²) in [5, 5.41) is 5.98. The van der Waals surface area contributed by atoms with Crippen LogP contribution in [0.25, 0.3) is 100 Å². The Morgan fingerprint density at radius 3 is 1.85 bits per heavy atom. The Hall–Kier alpha value is -6.66. The van der Waals surface area contributed by atoms with Gasteiger partial charge >= 0.3 is 0 Å². The summed E-state index contributed by atoms with van der Waals surface area (Å²) in [6.07, 6.45) is 0. The highest BCUT2D eigenvalue weighted by molar-refractivity contribution is 6.20. The summed E-state index contributed by atoms with van der Waals surface area (Å²) in [5.74, 6) is 2.27. The van der Waals surface area contributed by atoms with E-state index in [0.717, 1.165) is 76.8 Å². The third kappa shape index (κ3) is 4.13. The van der Waals surface area contributed by atoms with E-state index in [0.29, 0.717) is 23.4 Å². The second-order valence-electron chi connectivity index (χ2n) is 11.8. The second kappa shape index (κ2) is 10.4. The van der Waals surface area contributed by atoms with Crippen LogP contribution in [0.5, 0.6) is 0 Å². The van der Waals surface area contributed by atoms with Gasteiger partial charge in [-0.25, -0.2) is 19.9 Å². The Bertz CT molecular complexity index is 2840. The molecule has 10 rings (SSSR count). The maximum Gasteiger partial charge on any atom is 0.227 e. The van der Waals surface area contributed by atoms with Crippen molar-refractivity contribution in [2.24, 2.45) is 0 Å². The standard InChI is InChI=1S/C42H24N4O2/c1-3-13-25(14-4-1)39-44-40(32-24-33-38(30-20-10-9-19-29(30)32)48-42(43-33)26-15-5-2-6-16-26)46-41(45-39)37-28-18-8-7-17-27(28)23-35-36(37)31-21-11-12-22-34(31)47-35/h1-24H. The number of hydrogen-bond donors (Lipinski definition) is 0. The summed E-state index contributed by atoms with van der Waals surface area (Å²) < 4.78 is 12.8. The minimum absolute atomic E-state index is 0.551. The molecule has 0 radical (unpaired) electrons. The summed E-state index contributed by atoms with van der Waals surface area (Å²) in [6.45, 7) is 0. The van der Waals surface area contributed by atoms with Gasteiger partial charge in [-0.15, -0.1) is 0 Å². The Morgan fingerprint density at radius 1 is 0.417 bits per heavy atom. The van der Waals surface area contributed by atoms with E-state index >= 15 is 0 Å². The average molecular weight is 617 g/mol. The van der Waals surface area contributed by atoms with E-state index < -0.39 is 0 Å². The number of benzene rings is 7. The molecule has 3 aromatic heterocycles. The first kappa shape index (κ1) is 26.5. The molecule has 0 aliphatic rings. The number of furan rings is 1. The molecule has 0 aliphatic heterocycles. The fraction of sp³-hybridized carbons (Fsp3) is 0. The summed E-state index contributed by atoms with van der Waals surface area (Å²) in [7, 11) is 0. The summed E-state index contributed by atoms with van der Waals surface area (Å²) in [5.41, 5.74) is 6.64. The van der Waals surface area contributed by atoms with Crippen LogP contribution in [-0.2, 0) is 0 Å². The fourth-order valence-electron chi connectivity index (χ4n) is 6.75. The van der Waals surface area contributed by atoms with Crippen LogP contribution in [0.3, 0.4) is 0 Å². The Morgan fingerprint density at radius 2 is 1.04 bits per heavy atom. The zero-order chi connectivity index (χ0) is 31.6. The zero-order valence-corrected chi connectivity index (χ0v) is 25.5. The van der Waals surface area contributed by atoms with Crippen LogP contribution in [0.1, 0.15) is 0 Å². The molecule has 0 N–H and O–H groups in total. The predicted octanol–water partition coefficient (Wildman–Crippen LogP) is 10.9. The highest BCUT2D eigenvalue weighted by Crippen LogP contribution is 2.42. The van der Waals surface area contributed by atoms with Crippen molar-refractivity contribution < 1.29 is 8.83 Å². The van der Waals surface area contributed by atoms with Crippen molar-refractivity contribution in [2.45, 2.75) is 0 Å². The van der Waals surface area contributed by atoms with E-state index in [1.54, 1.807) is 0 Å². The van der Waals surface area contributed by atoms with Crippen LogP contribution >= 0.6 is 0 Å². The van der Waals surface area contributed by atoms with Crippen LogP contribution < -0.4 is 0 Å². The van der Waals surface area contributed by atoms with Gasteiger partial charge in [-0.05, 0) is 46.5 Å². The van der Waals surface area contributed by atoms with Crippen LogP contribution in [0.4, 0.5) is 0 Å². The molecule has 6 heteroatoms. The van der Waals surface area contributed by atoms with Gasteiger partial charge in [0.25, 0.3) is 0 Å². The quantitative estimate of drug-likeness (QED) is 0.196. The Balaban J connectivity index is 1.31. The largest absolute Gasteiger partial charge is 0.456 e. The van der Waals surface area contributed by atoms with E-state index in [2.05, 4.69) is 42.5 Å². The van der Waals surface area contributed by atoms with Crippen molar-refractivity contribution in [3.05, 3.63) is 146 Å². The van der Waals surface area contributed by atoms with Crippen molar-refractivity contribution in [1.29, 1.82) is 0 Å². The number of para-hydroxylation sites is 1. The zero-order valence-electron chi connectivity index (χ0n) is 25.5. The van der Waals surface area contributed by atoms with Gasteiger partial charge in [0.05, 0.1) is 0 Å². The molecule has 0 bridgehead atoms. The summed E-state index contributed by atoms with van der Waals surface area (Å²) in [4.78, 5) is 20.5. The number of rotatable bonds is 4. The van der Waals surface area contributed by atoms with Gasteiger partial charge in [0.1, 0.15) is 16.7 Å². The second-order valence-corrected chi connectivity index (χ2v) is 11.8. The van der Waals surface area contributed by atoms with Gasteiger partial charge in [-0.3, -0.25) is 0 Å². The van der Waals surface area contributed by atoms with Crippen molar-refractivity contribution in [2.75, 3.05) is 0 Å². The predicted molar refractivity (Wildman–Crippen MR) is 191 cm³/mol. The van der Waals surface area contributed by atoms with Crippen LogP contribution in [0.15, 0.2) is 154 Å².